The van der Waals surface area contributed by atoms with Gasteiger partial charge in [-0.15, -0.1) is 0 Å². The van der Waals surface area contributed by atoms with Crippen LogP contribution < -0.4 is 0 Å². The summed E-state index contributed by atoms with van der Waals surface area (Å²) in [6.45, 7) is 0. The minimum absolute atomic E-state index is 0.0969. The molecule has 1 aliphatic carbocycles. The molecule has 0 saturated carbocycles. The maximum Gasteiger partial charge on any atom is 0.311 e. The van der Waals surface area contributed by atoms with Crippen LogP contribution in [-0.4, -0.2) is 39.1 Å². The molecule has 1 aliphatic heterocycles. The Labute approximate surface area is 131 Å². The number of aromatic nitrogens is 1. The number of hydroxylamine groups is 1. The Morgan fingerprint density at radius 2 is 2.23 bits per heavy atom. The summed E-state index contributed by atoms with van der Waals surface area (Å²) in [6, 6.07) is 3.18. The number of hydrogen-bond acceptors (Lipinski definition) is 4. The van der Waals surface area contributed by atoms with Crippen LogP contribution in [0.5, 0.6) is 0 Å². The van der Waals surface area contributed by atoms with Gasteiger partial charge in [-0.25, -0.2) is 0 Å². The molecule has 22 heavy (non-hydrogen) atoms. The quantitative estimate of drug-likeness (QED) is 0.496. The Bertz CT molecular complexity index is 808. The van der Waals surface area contributed by atoms with Gasteiger partial charge >= 0.3 is 5.17 Å². The van der Waals surface area contributed by atoms with E-state index in [2.05, 4.69) is 0 Å². The summed E-state index contributed by atoms with van der Waals surface area (Å²) in [5.74, 6) is -1.96. The first-order valence-corrected chi connectivity index (χ1v) is 8.63. The van der Waals surface area contributed by atoms with Crippen LogP contribution in [0.1, 0.15) is 23.3 Å². The van der Waals surface area contributed by atoms with Crippen LogP contribution in [0, 0.1) is 17.0 Å². The molecule has 2 heterocycles. The van der Waals surface area contributed by atoms with Gasteiger partial charge in [-0.2, -0.15) is 13.2 Å². The second-order valence-corrected chi connectivity index (χ2v) is 7.31. The third-order valence-corrected chi connectivity index (χ3v) is 5.18. The Morgan fingerprint density at radius 1 is 1.50 bits per heavy atom. The van der Waals surface area contributed by atoms with Gasteiger partial charge in [0, 0.05) is 6.20 Å². The fourth-order valence-electron chi connectivity index (χ4n) is 2.99. The van der Waals surface area contributed by atoms with Crippen molar-refractivity contribution >= 4 is 32.8 Å². The minimum atomic E-state index is -4.13. The average molecular weight is 345 g/mol. The Balaban J connectivity index is 2.03. The van der Waals surface area contributed by atoms with Crippen LogP contribution in [0.25, 0.3) is 0 Å². The number of hydrogen-bond donors (Lipinski definition) is 1. The number of rotatable bonds is 2. The molecule has 1 aromatic heterocycles. The van der Waals surface area contributed by atoms with E-state index in [-0.39, 0.29) is 29.6 Å². The molecular formula is C13H13ClN2O5S. The lowest BCUT2D eigenvalue weighted by Crippen LogP contribution is -2.31. The summed E-state index contributed by atoms with van der Waals surface area (Å²) < 4.78 is 32.9. The minimum Gasteiger partial charge on any atom is -0.617 e. The summed E-state index contributed by atoms with van der Waals surface area (Å²) in [5.41, 5.74) is 0.536. The fraction of sp³-hybridized carbons (Fsp3) is 0.385. The highest BCUT2D eigenvalue weighted by molar-refractivity contribution is 7.85. The standard InChI is InChI=1S/C13H13ClN2O5S/c14-12-11-2-1-5-15(11)13(17)9-6-8(7-22(19,20)21)3-4-10(9)16(12)18/h1-2,4-5,8-9H,3,6-7H2,(H,19,20,21)/t8-,9+/m1/s1. The highest BCUT2D eigenvalue weighted by Gasteiger charge is 2.41. The molecule has 0 radical (unpaired) electrons. The van der Waals surface area contributed by atoms with Gasteiger partial charge in [0.05, 0.1) is 5.75 Å². The van der Waals surface area contributed by atoms with Crippen LogP contribution >= 0.6 is 11.6 Å². The largest absolute Gasteiger partial charge is 0.617 e. The average Bonchev–Trinajstić information content (AvgIpc) is 2.90. The highest BCUT2D eigenvalue weighted by Crippen LogP contribution is 2.34. The lowest BCUT2D eigenvalue weighted by molar-refractivity contribution is -0.406. The first kappa shape index (κ1) is 15.3. The third kappa shape index (κ3) is 2.57. The van der Waals surface area contributed by atoms with Crippen LogP contribution in [0.2, 0.25) is 0 Å². The number of carbonyl (C=O) groups excluding carboxylic acids is 1. The summed E-state index contributed by atoms with van der Waals surface area (Å²) in [6.07, 6.45) is 3.51. The predicted octanol–water partition coefficient (Wildman–Crippen LogP) is 1.44. The van der Waals surface area contributed by atoms with E-state index in [1.165, 1.54) is 16.8 Å². The number of allylic oxidation sites excluding steroid dienone is 2. The summed E-state index contributed by atoms with van der Waals surface area (Å²) in [5, 5.41) is 12.2. The molecule has 0 amide bonds. The summed E-state index contributed by atoms with van der Waals surface area (Å²) in [4.78, 5) is 12.6. The van der Waals surface area contributed by atoms with Gasteiger partial charge in [0.15, 0.2) is 0 Å². The smallest absolute Gasteiger partial charge is 0.311 e. The monoisotopic (exact) mass is 344 g/mol. The molecule has 0 saturated heterocycles. The molecule has 1 aromatic rings. The maximum atomic E-state index is 12.6. The van der Waals surface area contributed by atoms with Crippen LogP contribution in [0.3, 0.4) is 0 Å². The third-order valence-electron chi connectivity index (χ3n) is 3.94. The summed E-state index contributed by atoms with van der Waals surface area (Å²) >= 11 is 6.05. The van der Waals surface area contributed by atoms with Crippen molar-refractivity contribution in [2.24, 2.45) is 11.8 Å². The predicted molar refractivity (Wildman–Crippen MR) is 79.4 cm³/mol. The van der Waals surface area contributed by atoms with Gasteiger partial charge in [0.1, 0.15) is 11.6 Å². The molecule has 2 atom stereocenters. The Kier molecular flexibility index (Phi) is 3.62. The zero-order valence-electron chi connectivity index (χ0n) is 11.3. The molecule has 118 valence electrons. The molecule has 7 nitrogen and oxygen atoms in total. The number of halogens is 1. The second-order valence-electron chi connectivity index (χ2n) is 5.45. The number of nitrogens with zero attached hydrogens (tertiary/aromatic N) is 2. The normalized spacial score (nSPS) is 25.4. The first-order valence-electron chi connectivity index (χ1n) is 6.65. The summed E-state index contributed by atoms with van der Waals surface area (Å²) in [7, 11) is -4.13. The first-order chi connectivity index (χ1) is 10.3. The molecule has 0 fully saturated rings. The maximum absolute atomic E-state index is 12.6. The fourth-order valence-corrected chi connectivity index (χ4v) is 4.11. The van der Waals surface area contributed by atoms with Gasteiger partial charge in [-0.3, -0.25) is 13.9 Å². The second kappa shape index (κ2) is 5.22. The van der Waals surface area contributed by atoms with Crippen molar-refractivity contribution in [3.8, 4) is 0 Å². The number of fused-ring (bicyclic) bond motifs is 2. The number of carbonyl (C=O) groups is 1. The van der Waals surface area contributed by atoms with Gasteiger partial charge in [0.25, 0.3) is 10.1 Å². The molecule has 2 aliphatic rings. The Morgan fingerprint density at radius 3 is 2.91 bits per heavy atom. The van der Waals surface area contributed by atoms with E-state index in [0.29, 0.717) is 10.4 Å². The van der Waals surface area contributed by atoms with Gasteiger partial charge in [-0.1, -0.05) is 0 Å². The van der Waals surface area contributed by atoms with Crippen molar-refractivity contribution < 1.29 is 22.5 Å². The highest BCUT2D eigenvalue weighted by atomic mass is 35.5. The van der Waals surface area contributed by atoms with Crippen LogP contribution in [-0.2, 0) is 10.1 Å². The van der Waals surface area contributed by atoms with E-state index in [0.717, 1.165) is 0 Å². The van der Waals surface area contributed by atoms with E-state index in [9.17, 15) is 18.4 Å². The van der Waals surface area contributed by atoms with E-state index in [1.54, 1.807) is 12.1 Å². The van der Waals surface area contributed by atoms with Crippen molar-refractivity contribution in [3.63, 3.8) is 0 Å². The zero-order chi connectivity index (χ0) is 16.1. The lowest BCUT2D eigenvalue weighted by atomic mass is 9.84. The Hall–Kier alpha value is -1.64. The molecule has 9 heteroatoms. The van der Waals surface area contributed by atoms with Crippen molar-refractivity contribution in [2.75, 3.05) is 5.75 Å². The SMILES string of the molecule is O=C1[C@H]2C[C@H](CS(=O)(=O)O)CC=C2[N+]([O-])=C(Cl)c2cccn21. The van der Waals surface area contributed by atoms with E-state index in [1.807, 2.05) is 0 Å². The zero-order valence-corrected chi connectivity index (χ0v) is 12.9. The molecule has 1 N–H and O–H groups in total. The molecule has 3 rings (SSSR count). The van der Waals surface area contributed by atoms with Crippen molar-refractivity contribution in [1.29, 1.82) is 0 Å². The van der Waals surface area contributed by atoms with Gasteiger partial charge in [-0.05, 0) is 48.6 Å². The van der Waals surface area contributed by atoms with Crippen molar-refractivity contribution in [2.45, 2.75) is 12.8 Å². The molecular weight excluding hydrogens is 332 g/mol. The van der Waals surface area contributed by atoms with Gasteiger partial charge in [0.2, 0.25) is 11.6 Å². The van der Waals surface area contributed by atoms with E-state index >= 15 is 0 Å². The van der Waals surface area contributed by atoms with Crippen molar-refractivity contribution in [1.82, 2.24) is 4.57 Å². The molecule has 0 aromatic carbocycles. The van der Waals surface area contributed by atoms with Gasteiger partial charge < -0.3 is 5.21 Å². The molecule has 0 spiro atoms. The van der Waals surface area contributed by atoms with Crippen molar-refractivity contribution in [3.05, 3.63) is 41.0 Å². The van der Waals surface area contributed by atoms with Crippen LogP contribution in [0.15, 0.2) is 30.1 Å². The van der Waals surface area contributed by atoms with E-state index in [4.69, 9.17) is 16.2 Å². The lowest BCUT2D eigenvalue weighted by Gasteiger charge is -2.25. The molecule has 0 unspecified atom stereocenters. The van der Waals surface area contributed by atoms with Crippen LogP contribution in [0.4, 0.5) is 0 Å². The molecule has 0 bridgehead atoms. The topological polar surface area (TPSA) is 102 Å². The van der Waals surface area contributed by atoms with E-state index < -0.39 is 27.7 Å².